The van der Waals surface area contributed by atoms with Gasteiger partial charge in [0.2, 0.25) is 5.95 Å². The summed E-state index contributed by atoms with van der Waals surface area (Å²) in [4.78, 5) is 25.2. The smallest absolute Gasteiger partial charge is 0.419 e. The molecule has 0 bridgehead atoms. The fourth-order valence-electron chi connectivity index (χ4n) is 4.94. The summed E-state index contributed by atoms with van der Waals surface area (Å²) in [6, 6.07) is 5.10. The van der Waals surface area contributed by atoms with Crippen LogP contribution in [-0.2, 0) is 10.9 Å². The molecule has 3 heterocycles. The molecule has 5 rings (SSSR count). The van der Waals surface area contributed by atoms with Gasteiger partial charge in [-0.15, -0.1) is 0 Å². The summed E-state index contributed by atoms with van der Waals surface area (Å²) >= 11 is 3.35. The van der Waals surface area contributed by atoms with E-state index in [0.29, 0.717) is 34.0 Å². The Hall–Kier alpha value is -3.33. The average molecular weight is 577 g/mol. The number of fused-ring (bicyclic) bond motifs is 1. The van der Waals surface area contributed by atoms with E-state index in [0.717, 1.165) is 19.0 Å². The molecule has 2 fully saturated rings. The Kier molecular flexibility index (Phi) is 5.90. The van der Waals surface area contributed by atoms with E-state index in [1.54, 1.807) is 17.0 Å². The summed E-state index contributed by atoms with van der Waals surface area (Å²) in [6.45, 7) is 6.43. The van der Waals surface area contributed by atoms with E-state index in [1.807, 2.05) is 26.8 Å². The minimum Gasteiger partial charge on any atom is -0.444 e. The molecule has 2 aliphatic rings. The molecule has 194 valence electrons. The van der Waals surface area contributed by atoms with Crippen LogP contribution in [0.15, 0.2) is 29.0 Å². The molecule has 8 nitrogen and oxygen atoms in total. The molecule has 3 aromatic rings. The van der Waals surface area contributed by atoms with E-state index < -0.39 is 17.3 Å². The Bertz CT molecular complexity index is 1430. The fraction of sp³-hybridized carbons (Fsp3) is 0.440. The van der Waals surface area contributed by atoms with E-state index in [-0.39, 0.29) is 34.8 Å². The number of alkyl halides is 3. The minimum absolute atomic E-state index is 0.0777. The second-order valence-electron chi connectivity index (χ2n) is 10.6. The van der Waals surface area contributed by atoms with Crippen LogP contribution >= 0.6 is 15.9 Å². The predicted molar refractivity (Wildman–Crippen MR) is 134 cm³/mol. The van der Waals surface area contributed by atoms with Crippen molar-refractivity contribution in [3.05, 3.63) is 40.1 Å². The first kappa shape index (κ1) is 25.3. The number of carbonyl (C=O) groups excluding carboxylic acids is 1. The zero-order chi connectivity index (χ0) is 26.8. The molecule has 37 heavy (non-hydrogen) atoms. The molecule has 1 aromatic carbocycles. The highest BCUT2D eigenvalue weighted by Gasteiger charge is 2.57. The van der Waals surface area contributed by atoms with Crippen molar-refractivity contribution >= 4 is 38.9 Å². The summed E-state index contributed by atoms with van der Waals surface area (Å²) in [5.74, 6) is 0.0878. The Morgan fingerprint density at radius 2 is 2.05 bits per heavy atom. The lowest BCUT2D eigenvalue weighted by Crippen LogP contribution is -2.70. The molecule has 1 spiro atoms. The van der Waals surface area contributed by atoms with Crippen LogP contribution in [-0.4, -0.2) is 50.7 Å². The third-order valence-electron chi connectivity index (χ3n) is 6.90. The third-order valence-corrected chi connectivity index (χ3v) is 7.72. The zero-order valence-electron chi connectivity index (χ0n) is 20.3. The molecule has 1 saturated heterocycles. The monoisotopic (exact) mass is 576 g/mol. The second-order valence-corrected chi connectivity index (χ2v) is 11.3. The zero-order valence-corrected chi connectivity index (χ0v) is 21.9. The number of amides is 1. The van der Waals surface area contributed by atoms with Gasteiger partial charge in [-0.1, -0.05) is 6.07 Å². The number of nitriles is 1. The number of nitrogens with zero attached hydrogens (tertiary/aromatic N) is 4. The lowest BCUT2D eigenvalue weighted by Gasteiger charge is -2.60. The van der Waals surface area contributed by atoms with Crippen LogP contribution in [0, 0.1) is 16.7 Å². The van der Waals surface area contributed by atoms with Gasteiger partial charge in [-0.2, -0.15) is 18.4 Å². The quantitative estimate of drug-likeness (QED) is 0.390. The van der Waals surface area contributed by atoms with Gasteiger partial charge in [0.1, 0.15) is 17.2 Å². The van der Waals surface area contributed by atoms with E-state index in [4.69, 9.17) is 4.74 Å². The molecule has 1 aliphatic heterocycles. The third kappa shape index (κ3) is 4.50. The van der Waals surface area contributed by atoms with Crippen LogP contribution in [0.4, 0.5) is 23.9 Å². The van der Waals surface area contributed by atoms with Crippen molar-refractivity contribution in [3.8, 4) is 17.3 Å². The van der Waals surface area contributed by atoms with Crippen molar-refractivity contribution < 1.29 is 22.7 Å². The molecule has 2 N–H and O–H groups in total. The number of halogens is 4. The van der Waals surface area contributed by atoms with Crippen LogP contribution in [0.5, 0.6) is 0 Å². The van der Waals surface area contributed by atoms with Gasteiger partial charge in [-0.05, 0) is 55.6 Å². The van der Waals surface area contributed by atoms with Gasteiger partial charge in [0.05, 0.1) is 21.2 Å². The van der Waals surface area contributed by atoms with Crippen LogP contribution in [0.1, 0.15) is 44.7 Å². The number of carbonyl (C=O) groups is 1. The number of nitrogens with one attached hydrogen (secondary N) is 2. The number of aromatic nitrogens is 3. The molecule has 12 heteroatoms. The van der Waals surface area contributed by atoms with Crippen LogP contribution < -0.4 is 5.32 Å². The van der Waals surface area contributed by atoms with Crippen molar-refractivity contribution in [3.63, 3.8) is 0 Å². The summed E-state index contributed by atoms with van der Waals surface area (Å²) in [5.41, 5.74) is -0.866. The molecular weight excluding hydrogens is 553 g/mol. The van der Waals surface area contributed by atoms with Gasteiger partial charge in [-0.3, -0.25) is 0 Å². The summed E-state index contributed by atoms with van der Waals surface area (Å²) < 4.78 is 47.7. The van der Waals surface area contributed by atoms with Crippen molar-refractivity contribution in [1.29, 1.82) is 5.26 Å². The second kappa shape index (κ2) is 8.62. The van der Waals surface area contributed by atoms with E-state index in [9.17, 15) is 23.2 Å². The Labute approximate surface area is 219 Å². The molecule has 2 aromatic heterocycles. The molecule has 0 radical (unpaired) electrons. The number of H-pyrrole nitrogens is 1. The molecule has 1 amide bonds. The highest BCUT2D eigenvalue weighted by Crippen LogP contribution is 2.50. The highest BCUT2D eigenvalue weighted by atomic mass is 79.9. The van der Waals surface area contributed by atoms with E-state index >= 15 is 0 Å². The standard InChI is InChI=1S/C25H24BrF3N6O2/c1-23(2,3)37-22(36)35-11-24(12-35)7-6-17(24)33-21-32-10-16(25(27,28)29)19(34-21)15-9-31-20-14(15)5-4-13(8-30)18(20)26/h4-5,9-10,17,31H,6-7,11-12H2,1-3H3,(H,32,33,34)/t17-/m1/s1. The molecule has 1 atom stereocenters. The maximum absolute atomic E-state index is 13.9. The maximum atomic E-state index is 13.9. The van der Waals surface area contributed by atoms with Gasteiger partial charge < -0.3 is 19.9 Å². The number of hydrogen-bond donors (Lipinski definition) is 2. The van der Waals surface area contributed by atoms with Crippen LogP contribution in [0.2, 0.25) is 0 Å². The van der Waals surface area contributed by atoms with Crippen LogP contribution in [0.25, 0.3) is 22.2 Å². The summed E-state index contributed by atoms with van der Waals surface area (Å²) in [7, 11) is 0. The van der Waals surface area contributed by atoms with Gasteiger partial charge in [-0.25, -0.2) is 14.8 Å². The molecule has 1 saturated carbocycles. The van der Waals surface area contributed by atoms with Crippen molar-refractivity contribution in [2.75, 3.05) is 18.4 Å². The SMILES string of the molecule is CC(C)(C)OC(=O)N1CC2(CC[C@H]2Nc2ncc(C(F)(F)F)c(-c3c[nH]c4c(Br)c(C#N)ccc34)n2)C1. The van der Waals surface area contributed by atoms with Gasteiger partial charge in [0, 0.05) is 47.9 Å². The van der Waals surface area contributed by atoms with Crippen molar-refractivity contribution in [2.24, 2.45) is 5.41 Å². The topological polar surface area (TPSA) is 107 Å². The number of benzene rings is 1. The number of ether oxygens (including phenoxy) is 1. The Morgan fingerprint density at radius 1 is 1.32 bits per heavy atom. The average Bonchev–Trinajstić information content (AvgIpc) is 3.19. The number of aromatic amines is 1. The number of likely N-dealkylation sites (tertiary alicyclic amines) is 1. The largest absolute Gasteiger partial charge is 0.444 e. The van der Waals surface area contributed by atoms with E-state index in [2.05, 4.69) is 36.2 Å². The summed E-state index contributed by atoms with van der Waals surface area (Å²) in [5, 5.41) is 13.0. The Morgan fingerprint density at radius 3 is 2.65 bits per heavy atom. The first-order chi connectivity index (χ1) is 17.3. The number of anilines is 1. The predicted octanol–water partition coefficient (Wildman–Crippen LogP) is 6.09. The number of rotatable bonds is 3. The van der Waals surface area contributed by atoms with Gasteiger partial charge in [0.15, 0.2) is 0 Å². The molecular formula is C25H24BrF3N6O2. The number of hydrogen-bond acceptors (Lipinski definition) is 6. The normalized spacial score (nSPS) is 18.8. The minimum atomic E-state index is -4.67. The lowest BCUT2D eigenvalue weighted by atomic mass is 9.59. The maximum Gasteiger partial charge on any atom is 0.419 e. The lowest BCUT2D eigenvalue weighted by molar-refractivity contribution is -0.137. The van der Waals surface area contributed by atoms with Gasteiger partial charge >= 0.3 is 12.3 Å². The first-order valence-electron chi connectivity index (χ1n) is 11.7. The molecule has 1 aliphatic carbocycles. The fourth-order valence-corrected chi connectivity index (χ4v) is 5.48. The highest BCUT2D eigenvalue weighted by molar-refractivity contribution is 9.10. The first-order valence-corrected chi connectivity index (χ1v) is 12.5. The van der Waals surface area contributed by atoms with Crippen molar-refractivity contribution in [1.82, 2.24) is 19.9 Å². The van der Waals surface area contributed by atoms with Crippen LogP contribution in [0.3, 0.4) is 0 Å². The van der Waals surface area contributed by atoms with Gasteiger partial charge in [0.25, 0.3) is 0 Å². The summed E-state index contributed by atoms with van der Waals surface area (Å²) in [6.07, 6.45) is -1.12. The molecule has 0 unspecified atom stereocenters. The van der Waals surface area contributed by atoms with E-state index in [1.165, 1.54) is 6.20 Å². The Balaban J connectivity index is 1.42. The van der Waals surface area contributed by atoms with Crippen molar-refractivity contribution in [2.45, 2.75) is 51.4 Å².